The lowest BCUT2D eigenvalue weighted by Gasteiger charge is -2.21. The van der Waals surface area contributed by atoms with Crippen LogP contribution in [0.5, 0.6) is 5.75 Å². The van der Waals surface area contributed by atoms with Crippen molar-refractivity contribution >= 4 is 40.8 Å². The first-order valence-corrected chi connectivity index (χ1v) is 8.72. The van der Waals surface area contributed by atoms with Gasteiger partial charge in [-0.25, -0.2) is 0 Å². The van der Waals surface area contributed by atoms with E-state index in [4.69, 9.17) is 4.74 Å². The number of imide groups is 2. The van der Waals surface area contributed by atoms with Gasteiger partial charge in [-0.1, -0.05) is 24.3 Å². The van der Waals surface area contributed by atoms with Crippen molar-refractivity contribution in [2.75, 3.05) is 7.11 Å². The third kappa shape index (κ3) is 2.70. The molecular formula is C19H12N2O5S. The Morgan fingerprint density at radius 1 is 0.815 bits per heavy atom. The van der Waals surface area contributed by atoms with Crippen molar-refractivity contribution in [3.8, 4) is 5.75 Å². The number of rotatable bonds is 3. The maximum atomic E-state index is 12.7. The van der Waals surface area contributed by atoms with Crippen LogP contribution >= 0.6 is 11.8 Å². The molecule has 0 saturated carbocycles. The maximum Gasteiger partial charge on any atom is 0.313 e. The molecule has 0 aliphatic carbocycles. The van der Waals surface area contributed by atoms with E-state index in [2.05, 4.69) is 0 Å². The molecule has 1 saturated heterocycles. The van der Waals surface area contributed by atoms with E-state index in [1.54, 1.807) is 43.5 Å². The number of thioether (sulfide) groups is 1. The quantitative estimate of drug-likeness (QED) is 0.601. The summed E-state index contributed by atoms with van der Waals surface area (Å²) in [4.78, 5) is 50.3. The lowest BCUT2D eigenvalue weighted by molar-refractivity contribution is -0.129. The van der Waals surface area contributed by atoms with Gasteiger partial charge in [-0.2, -0.15) is 10.0 Å². The van der Waals surface area contributed by atoms with E-state index in [1.165, 1.54) is 18.2 Å². The molecule has 0 spiro atoms. The minimum atomic E-state index is -0.713. The van der Waals surface area contributed by atoms with Gasteiger partial charge in [0.05, 0.1) is 23.1 Å². The van der Waals surface area contributed by atoms with E-state index in [-0.39, 0.29) is 16.0 Å². The number of methoxy groups -OCH3 is 1. The van der Waals surface area contributed by atoms with Crippen LogP contribution in [0.2, 0.25) is 0 Å². The first-order valence-electron chi connectivity index (χ1n) is 7.91. The van der Waals surface area contributed by atoms with Crippen LogP contribution in [0.15, 0.2) is 53.4 Å². The first-order chi connectivity index (χ1) is 13.0. The number of fused-ring (bicyclic) bond motifs is 1. The molecule has 134 valence electrons. The summed E-state index contributed by atoms with van der Waals surface area (Å²) in [5.74, 6) is -1.44. The minimum absolute atomic E-state index is 0.127. The molecule has 4 rings (SSSR count). The summed E-state index contributed by atoms with van der Waals surface area (Å²) in [5, 5.41) is 0.510. The van der Waals surface area contributed by atoms with Crippen molar-refractivity contribution in [2.24, 2.45) is 0 Å². The molecule has 0 atom stereocenters. The monoisotopic (exact) mass is 380 g/mol. The molecule has 0 unspecified atom stereocenters. The fourth-order valence-electron chi connectivity index (χ4n) is 2.84. The fourth-order valence-corrected chi connectivity index (χ4v) is 3.65. The van der Waals surface area contributed by atoms with E-state index in [1.807, 2.05) is 0 Å². The van der Waals surface area contributed by atoms with Gasteiger partial charge in [-0.15, -0.1) is 0 Å². The predicted octanol–water partition coefficient (Wildman–Crippen LogP) is 2.94. The normalized spacial score (nSPS) is 17.9. The number of amides is 4. The van der Waals surface area contributed by atoms with E-state index < -0.39 is 23.0 Å². The number of hydrogen-bond acceptors (Lipinski definition) is 6. The SMILES string of the molecule is COc1ccc(C=C2SC(=O)N(N3C(=O)c4ccccc4C3=O)C2=O)cc1. The van der Waals surface area contributed by atoms with Crippen LogP contribution in [0.4, 0.5) is 4.79 Å². The number of carbonyl (C=O) groups is 4. The first kappa shape index (κ1) is 17.0. The lowest BCUT2D eigenvalue weighted by atomic mass is 10.1. The smallest absolute Gasteiger partial charge is 0.313 e. The van der Waals surface area contributed by atoms with Gasteiger partial charge in [0, 0.05) is 0 Å². The molecular weight excluding hydrogens is 368 g/mol. The summed E-state index contributed by atoms with van der Waals surface area (Å²) in [5.41, 5.74) is 1.02. The molecule has 2 aliphatic rings. The van der Waals surface area contributed by atoms with E-state index >= 15 is 0 Å². The Kier molecular flexibility index (Phi) is 4.04. The summed E-state index contributed by atoms with van der Waals surface area (Å²) >= 11 is 0.677. The van der Waals surface area contributed by atoms with Gasteiger partial charge < -0.3 is 4.74 Å². The predicted molar refractivity (Wildman–Crippen MR) is 97.7 cm³/mol. The van der Waals surface area contributed by atoms with Crippen molar-refractivity contribution in [2.45, 2.75) is 0 Å². The van der Waals surface area contributed by atoms with E-state index in [0.717, 1.165) is 0 Å². The zero-order valence-electron chi connectivity index (χ0n) is 14.0. The summed E-state index contributed by atoms with van der Waals surface area (Å²) in [6, 6.07) is 13.1. The Balaban J connectivity index is 1.65. The molecule has 27 heavy (non-hydrogen) atoms. The molecule has 0 N–H and O–H groups in total. The van der Waals surface area contributed by atoms with Gasteiger partial charge in [0.15, 0.2) is 0 Å². The average Bonchev–Trinajstić information content (AvgIpc) is 3.09. The minimum Gasteiger partial charge on any atom is -0.497 e. The third-order valence-electron chi connectivity index (χ3n) is 4.16. The molecule has 1 fully saturated rings. The standard InChI is InChI=1S/C19H12N2O5S/c1-26-12-8-6-11(7-9-12)10-15-18(24)21(19(25)27-15)20-16(22)13-4-2-3-5-14(13)17(20)23/h2-10H,1H3. The molecule has 8 heteroatoms. The van der Waals surface area contributed by atoms with Crippen LogP contribution in [-0.4, -0.2) is 40.1 Å². The molecule has 7 nitrogen and oxygen atoms in total. The zero-order chi connectivity index (χ0) is 19.1. The van der Waals surface area contributed by atoms with Crippen molar-refractivity contribution < 1.29 is 23.9 Å². The van der Waals surface area contributed by atoms with Crippen LogP contribution in [0.1, 0.15) is 26.3 Å². The Hall–Kier alpha value is -3.39. The van der Waals surface area contributed by atoms with Crippen LogP contribution < -0.4 is 4.74 Å². The molecule has 0 bridgehead atoms. The average molecular weight is 380 g/mol. The van der Waals surface area contributed by atoms with Crippen LogP contribution in [-0.2, 0) is 4.79 Å². The lowest BCUT2D eigenvalue weighted by Crippen LogP contribution is -2.48. The molecule has 2 aromatic rings. The number of hydrogen-bond donors (Lipinski definition) is 0. The number of ether oxygens (including phenoxy) is 1. The van der Waals surface area contributed by atoms with Crippen molar-refractivity contribution in [1.82, 2.24) is 10.0 Å². The fraction of sp³-hybridized carbons (Fsp3) is 0.0526. The second-order valence-corrected chi connectivity index (χ2v) is 6.73. The molecule has 2 heterocycles. The Labute approximate surface area is 158 Å². The maximum absolute atomic E-state index is 12.7. The molecule has 4 amide bonds. The second kappa shape index (κ2) is 6.40. The highest BCUT2D eigenvalue weighted by atomic mass is 32.2. The van der Waals surface area contributed by atoms with Gasteiger partial charge >= 0.3 is 5.24 Å². The molecule has 2 aromatic carbocycles. The zero-order valence-corrected chi connectivity index (χ0v) is 14.9. The molecule has 0 radical (unpaired) electrons. The number of benzene rings is 2. The highest BCUT2D eigenvalue weighted by Gasteiger charge is 2.48. The van der Waals surface area contributed by atoms with Crippen molar-refractivity contribution in [3.63, 3.8) is 0 Å². The molecule has 0 aromatic heterocycles. The molecule has 2 aliphatic heterocycles. The Morgan fingerprint density at radius 2 is 1.41 bits per heavy atom. The van der Waals surface area contributed by atoms with Crippen molar-refractivity contribution in [3.05, 3.63) is 70.1 Å². The number of nitrogens with zero attached hydrogens (tertiary/aromatic N) is 2. The Bertz CT molecular complexity index is 994. The topological polar surface area (TPSA) is 84.0 Å². The Morgan fingerprint density at radius 3 is 1.96 bits per heavy atom. The van der Waals surface area contributed by atoms with Crippen molar-refractivity contribution in [1.29, 1.82) is 0 Å². The van der Waals surface area contributed by atoms with Gasteiger partial charge in [-0.3, -0.25) is 19.2 Å². The largest absolute Gasteiger partial charge is 0.497 e. The van der Waals surface area contributed by atoms with Crippen LogP contribution in [0, 0.1) is 0 Å². The summed E-state index contributed by atoms with van der Waals surface area (Å²) in [6.45, 7) is 0. The highest BCUT2D eigenvalue weighted by molar-refractivity contribution is 8.18. The highest BCUT2D eigenvalue weighted by Crippen LogP contribution is 2.36. The van der Waals surface area contributed by atoms with Crippen LogP contribution in [0.25, 0.3) is 6.08 Å². The summed E-state index contributed by atoms with van der Waals surface area (Å²) < 4.78 is 5.08. The van der Waals surface area contributed by atoms with Crippen LogP contribution in [0.3, 0.4) is 0 Å². The number of carbonyl (C=O) groups excluding carboxylic acids is 4. The van der Waals surface area contributed by atoms with Gasteiger partial charge in [-0.05, 0) is 47.7 Å². The summed E-state index contributed by atoms with van der Waals surface area (Å²) in [6.07, 6.45) is 1.53. The van der Waals surface area contributed by atoms with Gasteiger partial charge in [0.25, 0.3) is 17.7 Å². The second-order valence-electron chi connectivity index (χ2n) is 5.73. The summed E-state index contributed by atoms with van der Waals surface area (Å²) in [7, 11) is 1.54. The third-order valence-corrected chi connectivity index (χ3v) is 5.02. The van der Waals surface area contributed by atoms with E-state index in [0.29, 0.717) is 33.1 Å². The van der Waals surface area contributed by atoms with Gasteiger partial charge in [0.1, 0.15) is 5.75 Å². The number of hydrazine groups is 1. The van der Waals surface area contributed by atoms with E-state index in [9.17, 15) is 19.2 Å². The van der Waals surface area contributed by atoms with Gasteiger partial charge in [0.2, 0.25) is 0 Å².